The minimum absolute atomic E-state index is 0.129. The van der Waals surface area contributed by atoms with Gasteiger partial charge in [0.05, 0.1) is 23.5 Å². The molecule has 1 aromatic carbocycles. The number of para-hydroxylation sites is 1. The molecular formula is C24H31N5O2. The first kappa shape index (κ1) is 21.5. The van der Waals surface area contributed by atoms with Crippen molar-refractivity contribution in [2.45, 2.75) is 44.6 Å². The van der Waals surface area contributed by atoms with Crippen molar-refractivity contribution in [3.05, 3.63) is 48.2 Å². The quantitative estimate of drug-likeness (QED) is 0.698. The van der Waals surface area contributed by atoms with Crippen molar-refractivity contribution in [2.75, 3.05) is 36.9 Å². The predicted octanol–water partition coefficient (Wildman–Crippen LogP) is 3.56. The summed E-state index contributed by atoms with van der Waals surface area (Å²) >= 11 is 0. The van der Waals surface area contributed by atoms with E-state index in [1.807, 2.05) is 6.07 Å². The lowest BCUT2D eigenvalue weighted by Crippen LogP contribution is -2.37. The third-order valence-corrected chi connectivity index (χ3v) is 6.22. The van der Waals surface area contributed by atoms with E-state index in [1.165, 1.54) is 32.2 Å². The molecule has 2 aromatic rings. The molecule has 7 heteroatoms. The fourth-order valence-electron chi connectivity index (χ4n) is 4.51. The highest BCUT2D eigenvalue weighted by molar-refractivity contribution is 6.17. The van der Waals surface area contributed by atoms with Crippen molar-refractivity contribution < 1.29 is 9.59 Å². The van der Waals surface area contributed by atoms with Gasteiger partial charge in [0.2, 0.25) is 5.91 Å². The number of fused-ring (bicyclic) bond motifs is 2. The number of hydrogen-bond acceptors (Lipinski definition) is 5. The van der Waals surface area contributed by atoms with Gasteiger partial charge in [0, 0.05) is 12.2 Å². The Balaban J connectivity index is 1.40. The van der Waals surface area contributed by atoms with Crippen molar-refractivity contribution in [3.8, 4) is 0 Å². The average molecular weight is 422 g/mol. The standard InChI is InChI=1S/C24H31N5O2/c1-28-16-6-2-3-9-18(28)10-7-14-25-17-22(30)29-21-13-5-4-11-19(21)24(31)27-20-12-8-15-26-23(20)29/h4-5,8,11-13,15,18,25H,2-3,6-7,9-10,14,16-17H2,1H3,(H,27,31). The number of hydrogen-bond donors (Lipinski definition) is 2. The maximum Gasteiger partial charge on any atom is 0.257 e. The smallest absolute Gasteiger partial charge is 0.257 e. The van der Waals surface area contributed by atoms with Crippen LogP contribution in [-0.4, -0.2) is 54.4 Å². The van der Waals surface area contributed by atoms with Gasteiger partial charge in [-0.15, -0.1) is 0 Å². The molecule has 2 amide bonds. The van der Waals surface area contributed by atoms with E-state index in [9.17, 15) is 9.59 Å². The van der Waals surface area contributed by atoms with Gasteiger partial charge in [0.15, 0.2) is 5.82 Å². The van der Waals surface area contributed by atoms with E-state index >= 15 is 0 Å². The largest absolute Gasteiger partial charge is 0.319 e. The number of nitrogens with one attached hydrogen (secondary N) is 2. The van der Waals surface area contributed by atoms with E-state index in [4.69, 9.17) is 0 Å². The second-order valence-electron chi connectivity index (χ2n) is 8.38. The van der Waals surface area contributed by atoms with Gasteiger partial charge in [-0.3, -0.25) is 14.5 Å². The van der Waals surface area contributed by atoms with Crippen LogP contribution in [0.3, 0.4) is 0 Å². The molecule has 0 saturated carbocycles. The Hall–Kier alpha value is -2.77. The SMILES string of the molecule is CN1CCCCCC1CCCNCC(=O)N1c2ccccc2C(=O)Nc2cccnc21. The van der Waals surface area contributed by atoms with Crippen molar-refractivity contribution in [1.29, 1.82) is 0 Å². The summed E-state index contributed by atoms with van der Waals surface area (Å²) < 4.78 is 0. The molecule has 2 aliphatic rings. The second kappa shape index (κ2) is 10.0. The fourth-order valence-corrected chi connectivity index (χ4v) is 4.51. The summed E-state index contributed by atoms with van der Waals surface area (Å²) in [6.45, 7) is 2.17. The highest BCUT2D eigenvalue weighted by atomic mass is 16.2. The summed E-state index contributed by atoms with van der Waals surface area (Å²) in [5.74, 6) is 0.0868. The molecule has 164 valence electrons. The number of aromatic nitrogens is 1. The monoisotopic (exact) mass is 421 g/mol. The Morgan fingerprint density at radius 3 is 2.97 bits per heavy atom. The van der Waals surface area contributed by atoms with Crippen LogP contribution in [0.15, 0.2) is 42.6 Å². The van der Waals surface area contributed by atoms with E-state index < -0.39 is 0 Å². The van der Waals surface area contributed by atoms with Gasteiger partial charge in [0.25, 0.3) is 5.91 Å². The summed E-state index contributed by atoms with van der Waals surface area (Å²) in [5, 5.41) is 6.17. The van der Waals surface area contributed by atoms with Crippen LogP contribution in [0, 0.1) is 0 Å². The van der Waals surface area contributed by atoms with Gasteiger partial charge in [-0.2, -0.15) is 0 Å². The van der Waals surface area contributed by atoms with Crippen LogP contribution in [0.5, 0.6) is 0 Å². The molecule has 1 fully saturated rings. The highest BCUT2D eigenvalue weighted by Crippen LogP contribution is 2.35. The van der Waals surface area contributed by atoms with E-state index in [0.29, 0.717) is 28.8 Å². The molecule has 3 heterocycles. The molecule has 1 aromatic heterocycles. The zero-order valence-electron chi connectivity index (χ0n) is 18.1. The van der Waals surface area contributed by atoms with Crippen LogP contribution in [0.1, 0.15) is 48.9 Å². The number of pyridine rings is 1. The lowest BCUT2D eigenvalue weighted by molar-refractivity contribution is -0.117. The molecule has 2 N–H and O–H groups in total. The normalized spacial score (nSPS) is 19.1. The van der Waals surface area contributed by atoms with Gasteiger partial charge < -0.3 is 15.5 Å². The number of amides is 2. The van der Waals surface area contributed by atoms with E-state index in [0.717, 1.165) is 19.4 Å². The van der Waals surface area contributed by atoms with Crippen LogP contribution in [0.25, 0.3) is 0 Å². The molecule has 2 aliphatic heterocycles. The molecule has 1 atom stereocenters. The Morgan fingerprint density at radius 2 is 2.06 bits per heavy atom. The first-order chi connectivity index (χ1) is 15.1. The molecule has 4 rings (SSSR count). The fraction of sp³-hybridized carbons (Fsp3) is 0.458. The molecule has 1 unspecified atom stereocenters. The van der Waals surface area contributed by atoms with Crippen molar-refractivity contribution in [3.63, 3.8) is 0 Å². The molecule has 0 aliphatic carbocycles. The summed E-state index contributed by atoms with van der Waals surface area (Å²) in [7, 11) is 2.23. The van der Waals surface area contributed by atoms with Gasteiger partial charge in [0.1, 0.15) is 0 Å². The first-order valence-electron chi connectivity index (χ1n) is 11.2. The van der Waals surface area contributed by atoms with Crippen LogP contribution in [0.4, 0.5) is 17.2 Å². The predicted molar refractivity (Wildman–Crippen MR) is 123 cm³/mol. The van der Waals surface area contributed by atoms with E-state index in [-0.39, 0.29) is 18.4 Å². The Morgan fingerprint density at radius 1 is 1.19 bits per heavy atom. The summed E-state index contributed by atoms with van der Waals surface area (Å²) in [5.41, 5.74) is 1.56. The third kappa shape index (κ3) is 4.94. The van der Waals surface area contributed by atoms with Crippen LogP contribution >= 0.6 is 0 Å². The molecule has 0 spiro atoms. The number of benzene rings is 1. The van der Waals surface area contributed by atoms with Crippen molar-refractivity contribution in [2.24, 2.45) is 0 Å². The Bertz CT molecular complexity index is 932. The Labute approximate surface area is 183 Å². The third-order valence-electron chi connectivity index (χ3n) is 6.22. The number of likely N-dealkylation sites (tertiary alicyclic amines) is 1. The highest BCUT2D eigenvalue weighted by Gasteiger charge is 2.29. The Kier molecular flexibility index (Phi) is 6.94. The molecule has 0 radical (unpaired) electrons. The zero-order chi connectivity index (χ0) is 21.6. The molecule has 31 heavy (non-hydrogen) atoms. The molecule has 1 saturated heterocycles. The molecular weight excluding hydrogens is 390 g/mol. The number of rotatable bonds is 6. The second-order valence-corrected chi connectivity index (χ2v) is 8.38. The summed E-state index contributed by atoms with van der Waals surface area (Å²) in [6.07, 6.45) is 9.02. The maximum atomic E-state index is 13.2. The van der Waals surface area contributed by atoms with Crippen LogP contribution in [-0.2, 0) is 4.79 Å². The summed E-state index contributed by atoms with van der Waals surface area (Å²) in [6, 6.07) is 11.3. The van der Waals surface area contributed by atoms with Gasteiger partial charge in [-0.05, 0) is 70.1 Å². The van der Waals surface area contributed by atoms with Gasteiger partial charge in [-0.1, -0.05) is 25.0 Å². The number of carbonyl (C=O) groups is 2. The lowest BCUT2D eigenvalue weighted by atomic mass is 10.1. The lowest BCUT2D eigenvalue weighted by Gasteiger charge is -2.26. The van der Waals surface area contributed by atoms with Gasteiger partial charge >= 0.3 is 0 Å². The van der Waals surface area contributed by atoms with E-state index in [2.05, 4.69) is 27.6 Å². The molecule has 7 nitrogen and oxygen atoms in total. The van der Waals surface area contributed by atoms with Crippen molar-refractivity contribution in [1.82, 2.24) is 15.2 Å². The summed E-state index contributed by atoms with van der Waals surface area (Å²) in [4.78, 5) is 34.3. The minimum Gasteiger partial charge on any atom is -0.319 e. The minimum atomic E-state index is -0.236. The average Bonchev–Trinajstić information content (AvgIpc) is 3.06. The topological polar surface area (TPSA) is 77.6 Å². The van der Waals surface area contributed by atoms with Gasteiger partial charge in [-0.25, -0.2) is 4.98 Å². The van der Waals surface area contributed by atoms with Crippen LogP contribution in [0.2, 0.25) is 0 Å². The first-order valence-corrected chi connectivity index (χ1v) is 11.2. The maximum absolute atomic E-state index is 13.2. The number of carbonyl (C=O) groups excluding carboxylic acids is 2. The number of nitrogens with zero attached hydrogens (tertiary/aromatic N) is 3. The van der Waals surface area contributed by atoms with Crippen molar-refractivity contribution >= 4 is 29.0 Å². The molecule has 0 bridgehead atoms. The zero-order valence-corrected chi connectivity index (χ0v) is 18.1. The number of anilines is 3. The van der Waals surface area contributed by atoms with Crippen LogP contribution < -0.4 is 15.5 Å². The van der Waals surface area contributed by atoms with E-state index in [1.54, 1.807) is 41.4 Å².